The molecule has 0 saturated carbocycles. The van der Waals surface area contributed by atoms with Crippen molar-refractivity contribution in [3.63, 3.8) is 0 Å². The van der Waals surface area contributed by atoms with E-state index in [0.717, 1.165) is 25.7 Å². The van der Waals surface area contributed by atoms with Gasteiger partial charge < -0.3 is 9.13 Å². The van der Waals surface area contributed by atoms with Gasteiger partial charge in [0, 0.05) is 44.8 Å². The lowest BCUT2D eigenvalue weighted by Gasteiger charge is -2.28. The summed E-state index contributed by atoms with van der Waals surface area (Å²) in [5.41, 5.74) is 13.4. The number of hydrogen-bond donors (Lipinski definition) is 0. The van der Waals surface area contributed by atoms with Gasteiger partial charge in [-0.1, -0.05) is 97.1 Å². The molecular weight excluding hydrogens is 556 g/mol. The van der Waals surface area contributed by atoms with E-state index in [1.165, 1.54) is 77.3 Å². The molecule has 0 saturated heterocycles. The number of para-hydroxylation sites is 2. The van der Waals surface area contributed by atoms with Crippen molar-refractivity contribution in [3.05, 3.63) is 157 Å². The number of benzene rings is 4. The van der Waals surface area contributed by atoms with Crippen molar-refractivity contribution in [2.45, 2.75) is 25.7 Å². The minimum absolute atomic E-state index is 0.338. The molecule has 2 unspecified atom stereocenters. The summed E-state index contributed by atoms with van der Waals surface area (Å²) in [5, 5.41) is 5.25. The summed E-state index contributed by atoms with van der Waals surface area (Å²) in [5.74, 6) is 0.738. The van der Waals surface area contributed by atoms with Gasteiger partial charge in [0.2, 0.25) is 0 Å². The summed E-state index contributed by atoms with van der Waals surface area (Å²) >= 11 is 0. The average molecular weight is 591 g/mol. The van der Waals surface area contributed by atoms with E-state index in [0.29, 0.717) is 11.8 Å². The van der Waals surface area contributed by atoms with Crippen molar-refractivity contribution >= 4 is 55.0 Å². The third-order valence-electron chi connectivity index (χ3n) is 10.6. The van der Waals surface area contributed by atoms with Gasteiger partial charge in [0.05, 0.1) is 22.1 Å². The highest BCUT2D eigenvalue weighted by atomic mass is 15.0. The molecule has 2 heterocycles. The lowest BCUT2D eigenvalue weighted by atomic mass is 9.82. The Morgan fingerprint density at radius 3 is 1.98 bits per heavy atom. The lowest BCUT2D eigenvalue weighted by molar-refractivity contribution is 0.655. The number of nitrogens with zero attached hydrogens (tertiary/aromatic N) is 2. The van der Waals surface area contributed by atoms with Crippen molar-refractivity contribution in [1.82, 2.24) is 9.13 Å². The number of allylic oxidation sites excluding steroid dienone is 14. The van der Waals surface area contributed by atoms with Gasteiger partial charge in [-0.05, 0) is 96.5 Å². The third kappa shape index (κ3) is 3.83. The summed E-state index contributed by atoms with van der Waals surface area (Å²) in [7, 11) is 0. The molecule has 0 bridgehead atoms. The second kappa shape index (κ2) is 10.1. The maximum atomic E-state index is 2.53. The molecular formula is C44H34N2. The molecule has 2 aromatic heterocycles. The van der Waals surface area contributed by atoms with Crippen LogP contribution in [0.2, 0.25) is 0 Å². The molecule has 10 rings (SSSR count). The maximum absolute atomic E-state index is 2.53. The molecule has 4 aliphatic rings. The van der Waals surface area contributed by atoms with E-state index >= 15 is 0 Å². The Hall–Kier alpha value is -5.34. The number of rotatable bonds is 3. The van der Waals surface area contributed by atoms with E-state index in [4.69, 9.17) is 0 Å². The monoisotopic (exact) mass is 590 g/mol. The smallest absolute Gasteiger partial charge is 0.0538 e. The van der Waals surface area contributed by atoms with E-state index in [1.54, 1.807) is 0 Å². The predicted molar refractivity (Wildman–Crippen MR) is 195 cm³/mol. The van der Waals surface area contributed by atoms with Crippen molar-refractivity contribution < 1.29 is 0 Å². The van der Waals surface area contributed by atoms with Crippen LogP contribution in [0.1, 0.15) is 25.7 Å². The Labute approximate surface area is 269 Å². The third-order valence-corrected chi connectivity index (χ3v) is 10.6. The van der Waals surface area contributed by atoms with Crippen LogP contribution in [0, 0.1) is 11.8 Å². The lowest BCUT2D eigenvalue weighted by Crippen LogP contribution is -2.18. The number of hydrogen-bond acceptors (Lipinski definition) is 0. The zero-order valence-electron chi connectivity index (χ0n) is 25.7. The standard InChI is InChI=1S/C44H34N2/c1-2-12-31-26-34(23-20-29(31)10-1)45-41-17-7-5-15-36(41)38-27-32(21-24-43(38)45)33-22-25-44-39(28-33)37-16-6-8-18-42(37)46(44)40-19-9-13-30-11-3-4-14-35(30)40/h1,3-11,13-19,21-22,24-28,30,35H,2,12,20,23H2. The second-order valence-electron chi connectivity index (χ2n) is 13.1. The summed E-state index contributed by atoms with van der Waals surface area (Å²) in [6.07, 6.45) is 27.5. The van der Waals surface area contributed by atoms with Crippen LogP contribution < -0.4 is 0 Å². The first-order valence-corrected chi connectivity index (χ1v) is 16.7. The Morgan fingerprint density at radius 1 is 0.543 bits per heavy atom. The fourth-order valence-corrected chi connectivity index (χ4v) is 8.47. The highest BCUT2D eigenvalue weighted by Gasteiger charge is 2.26. The van der Waals surface area contributed by atoms with Crippen LogP contribution in [0.15, 0.2) is 157 Å². The average Bonchev–Trinajstić information content (AvgIpc) is 3.63. The van der Waals surface area contributed by atoms with Gasteiger partial charge in [-0.3, -0.25) is 0 Å². The minimum Gasteiger partial charge on any atom is -0.313 e. The summed E-state index contributed by atoms with van der Waals surface area (Å²) in [6, 6.07) is 32.0. The molecule has 2 heteroatoms. The molecule has 0 amide bonds. The molecule has 0 fully saturated rings. The van der Waals surface area contributed by atoms with E-state index in [9.17, 15) is 0 Å². The second-order valence-corrected chi connectivity index (χ2v) is 13.1. The van der Waals surface area contributed by atoms with Gasteiger partial charge in [-0.15, -0.1) is 0 Å². The molecule has 2 nitrogen and oxygen atoms in total. The predicted octanol–water partition coefficient (Wildman–Crippen LogP) is 11.6. The molecule has 46 heavy (non-hydrogen) atoms. The molecule has 4 aromatic carbocycles. The van der Waals surface area contributed by atoms with Crippen LogP contribution in [0.4, 0.5) is 0 Å². The highest BCUT2D eigenvalue weighted by molar-refractivity contribution is 6.13. The normalized spacial score (nSPS) is 20.5. The molecule has 2 atom stereocenters. The molecule has 4 aliphatic carbocycles. The van der Waals surface area contributed by atoms with Crippen LogP contribution in [0.25, 0.3) is 66.1 Å². The first-order valence-electron chi connectivity index (χ1n) is 16.7. The molecule has 0 aliphatic heterocycles. The molecule has 0 radical (unpaired) electrons. The zero-order chi connectivity index (χ0) is 30.2. The Balaban J connectivity index is 1.13. The summed E-state index contributed by atoms with van der Waals surface area (Å²) < 4.78 is 5.03. The van der Waals surface area contributed by atoms with Crippen molar-refractivity contribution in [2.24, 2.45) is 11.8 Å². The van der Waals surface area contributed by atoms with E-state index in [2.05, 4.69) is 155 Å². The largest absolute Gasteiger partial charge is 0.313 e. The number of aromatic nitrogens is 2. The summed E-state index contributed by atoms with van der Waals surface area (Å²) in [4.78, 5) is 0. The molecule has 0 N–H and O–H groups in total. The van der Waals surface area contributed by atoms with Crippen molar-refractivity contribution in [1.29, 1.82) is 0 Å². The number of fused-ring (bicyclic) bond motifs is 7. The quantitative estimate of drug-likeness (QED) is 0.194. The Morgan fingerprint density at radius 2 is 1.20 bits per heavy atom. The van der Waals surface area contributed by atoms with E-state index in [-0.39, 0.29) is 0 Å². The van der Waals surface area contributed by atoms with Crippen molar-refractivity contribution in [2.75, 3.05) is 0 Å². The molecule has 0 spiro atoms. The van der Waals surface area contributed by atoms with Gasteiger partial charge in [0.25, 0.3) is 0 Å². The fraction of sp³-hybridized carbons (Fsp3) is 0.136. The Bertz CT molecular complexity index is 2480. The van der Waals surface area contributed by atoms with Gasteiger partial charge in [0.15, 0.2) is 0 Å². The van der Waals surface area contributed by atoms with Crippen LogP contribution in [0.3, 0.4) is 0 Å². The van der Waals surface area contributed by atoms with Gasteiger partial charge in [0.1, 0.15) is 0 Å². The van der Waals surface area contributed by atoms with Crippen molar-refractivity contribution in [3.8, 4) is 11.1 Å². The SMILES string of the molecule is C1=CC2C=CC=C(n3c4ccccc4c4cc(-c5ccc6c(c5)c5ccccc5n6C5=CC6=C(C=CCC6)CC5)ccc43)C2C=C1. The first-order chi connectivity index (χ1) is 22.8. The van der Waals surface area contributed by atoms with Crippen LogP contribution >= 0.6 is 0 Å². The van der Waals surface area contributed by atoms with Gasteiger partial charge >= 0.3 is 0 Å². The maximum Gasteiger partial charge on any atom is 0.0538 e. The van der Waals surface area contributed by atoms with Crippen LogP contribution in [-0.4, -0.2) is 9.13 Å². The zero-order valence-corrected chi connectivity index (χ0v) is 25.7. The van der Waals surface area contributed by atoms with Crippen LogP contribution in [0.5, 0.6) is 0 Å². The molecule has 6 aromatic rings. The summed E-state index contributed by atoms with van der Waals surface area (Å²) in [6.45, 7) is 0. The molecule has 220 valence electrons. The minimum atomic E-state index is 0.338. The highest BCUT2D eigenvalue weighted by Crippen LogP contribution is 2.43. The van der Waals surface area contributed by atoms with E-state index < -0.39 is 0 Å². The van der Waals surface area contributed by atoms with E-state index in [1.807, 2.05) is 0 Å². The topological polar surface area (TPSA) is 9.86 Å². The Kier molecular flexibility index (Phi) is 5.69. The van der Waals surface area contributed by atoms with Gasteiger partial charge in [-0.2, -0.15) is 0 Å². The first kappa shape index (κ1) is 25.9. The van der Waals surface area contributed by atoms with Crippen LogP contribution in [-0.2, 0) is 0 Å². The van der Waals surface area contributed by atoms with Gasteiger partial charge in [-0.25, -0.2) is 0 Å². The fourth-order valence-electron chi connectivity index (χ4n) is 8.47.